The molecule has 1 N–H and O–H groups in total. The highest BCUT2D eigenvalue weighted by Crippen LogP contribution is 2.32. The zero-order chi connectivity index (χ0) is 21.7. The Morgan fingerprint density at radius 2 is 1.77 bits per heavy atom. The van der Waals surface area contributed by atoms with Crippen molar-refractivity contribution < 1.29 is 4.79 Å². The third-order valence-corrected chi connectivity index (χ3v) is 6.25. The Hall–Kier alpha value is -1.70. The lowest BCUT2D eigenvalue weighted by Gasteiger charge is -2.10. The Balaban J connectivity index is 1.68. The summed E-state index contributed by atoms with van der Waals surface area (Å²) in [5.41, 5.74) is 1.45. The minimum absolute atomic E-state index is 0.118. The molecule has 0 bridgehead atoms. The minimum Gasteiger partial charge on any atom is -0.324 e. The highest BCUT2D eigenvalue weighted by atomic mass is 35.5. The lowest BCUT2D eigenvalue weighted by molar-refractivity contribution is -0.113. The summed E-state index contributed by atoms with van der Waals surface area (Å²) < 4.78 is 1.92. The molecular formula is C20H16Cl4N4OS. The predicted molar refractivity (Wildman–Crippen MR) is 125 cm³/mol. The van der Waals surface area contributed by atoms with Crippen LogP contribution in [-0.4, -0.2) is 26.4 Å². The monoisotopic (exact) mass is 500 g/mol. The van der Waals surface area contributed by atoms with Gasteiger partial charge < -0.3 is 9.88 Å². The maximum absolute atomic E-state index is 12.4. The van der Waals surface area contributed by atoms with Gasteiger partial charge in [-0.2, -0.15) is 0 Å². The van der Waals surface area contributed by atoms with Gasteiger partial charge in [-0.3, -0.25) is 4.79 Å². The molecule has 0 radical (unpaired) electrons. The second-order valence-electron chi connectivity index (χ2n) is 6.18. The standard InChI is InChI=1S/C20H16Cl4N4OS/c1-2-7-28-18(8-12-3-5-13(21)6-4-12)26-27-20(28)30-11-19(29)25-17-10-15(23)14(22)9-16(17)24/h2-6,9-10H,1,7-8,11H2,(H,25,29). The van der Waals surface area contributed by atoms with Crippen LogP contribution in [0.2, 0.25) is 20.1 Å². The molecule has 0 unspecified atom stereocenters. The third kappa shape index (κ3) is 5.93. The zero-order valence-electron chi connectivity index (χ0n) is 15.5. The van der Waals surface area contributed by atoms with E-state index in [1.54, 1.807) is 6.08 Å². The number of carbonyl (C=O) groups excluding carboxylic acids is 1. The van der Waals surface area contributed by atoms with E-state index < -0.39 is 0 Å². The van der Waals surface area contributed by atoms with Gasteiger partial charge in [0.2, 0.25) is 5.91 Å². The van der Waals surface area contributed by atoms with Gasteiger partial charge in [0.25, 0.3) is 0 Å². The van der Waals surface area contributed by atoms with E-state index in [1.807, 2.05) is 28.8 Å². The van der Waals surface area contributed by atoms with Crippen LogP contribution in [0.5, 0.6) is 0 Å². The van der Waals surface area contributed by atoms with Crippen molar-refractivity contribution in [2.45, 2.75) is 18.1 Å². The van der Waals surface area contributed by atoms with Gasteiger partial charge in [-0.15, -0.1) is 16.8 Å². The number of rotatable bonds is 8. The predicted octanol–water partition coefficient (Wildman–Crippen LogP) is 6.40. The smallest absolute Gasteiger partial charge is 0.234 e. The van der Waals surface area contributed by atoms with Gasteiger partial charge >= 0.3 is 0 Å². The summed E-state index contributed by atoms with van der Waals surface area (Å²) in [5, 5.41) is 13.5. The van der Waals surface area contributed by atoms with Crippen LogP contribution < -0.4 is 5.32 Å². The van der Waals surface area contributed by atoms with Crippen LogP contribution in [0.15, 0.2) is 54.2 Å². The molecule has 0 aliphatic rings. The molecule has 3 aromatic rings. The number of benzene rings is 2. The molecule has 0 saturated heterocycles. The lowest BCUT2D eigenvalue weighted by atomic mass is 10.1. The number of halogens is 4. The molecule has 30 heavy (non-hydrogen) atoms. The third-order valence-electron chi connectivity index (χ3n) is 4.00. The quantitative estimate of drug-likeness (QED) is 0.220. The van der Waals surface area contributed by atoms with Crippen LogP contribution in [0.3, 0.4) is 0 Å². The van der Waals surface area contributed by atoms with Crippen molar-refractivity contribution in [1.29, 1.82) is 0 Å². The first kappa shape index (κ1) is 23.0. The Morgan fingerprint density at radius 1 is 1.07 bits per heavy atom. The number of nitrogens with one attached hydrogen (secondary N) is 1. The molecular weight excluding hydrogens is 486 g/mol. The van der Waals surface area contributed by atoms with Gasteiger partial charge in [-0.05, 0) is 29.8 Å². The molecule has 0 atom stereocenters. The van der Waals surface area contributed by atoms with Crippen molar-refractivity contribution in [3.8, 4) is 0 Å². The van der Waals surface area contributed by atoms with Crippen molar-refractivity contribution in [3.05, 3.63) is 80.5 Å². The number of carbonyl (C=O) groups is 1. The van der Waals surface area contributed by atoms with E-state index in [2.05, 4.69) is 22.1 Å². The van der Waals surface area contributed by atoms with E-state index >= 15 is 0 Å². The zero-order valence-corrected chi connectivity index (χ0v) is 19.4. The SMILES string of the molecule is C=CCn1c(Cc2ccc(Cl)cc2)nnc1SCC(=O)Nc1cc(Cl)c(Cl)cc1Cl. The van der Waals surface area contributed by atoms with Gasteiger partial charge in [0.05, 0.1) is 26.5 Å². The summed E-state index contributed by atoms with van der Waals surface area (Å²) >= 11 is 25.2. The van der Waals surface area contributed by atoms with E-state index in [4.69, 9.17) is 46.4 Å². The summed E-state index contributed by atoms with van der Waals surface area (Å²) in [7, 11) is 0. The van der Waals surface area contributed by atoms with Gasteiger partial charge in [0.1, 0.15) is 5.82 Å². The number of allylic oxidation sites excluding steroid dienone is 1. The van der Waals surface area contributed by atoms with E-state index in [0.29, 0.717) is 43.9 Å². The van der Waals surface area contributed by atoms with Crippen LogP contribution in [-0.2, 0) is 17.8 Å². The molecule has 3 rings (SSSR count). The molecule has 0 spiro atoms. The minimum atomic E-state index is -0.257. The molecule has 1 amide bonds. The first-order chi connectivity index (χ1) is 14.4. The molecule has 0 saturated carbocycles. The number of nitrogens with zero attached hydrogens (tertiary/aromatic N) is 3. The first-order valence-electron chi connectivity index (χ1n) is 8.72. The fraction of sp³-hybridized carbons (Fsp3) is 0.150. The molecule has 1 heterocycles. The molecule has 5 nitrogen and oxygen atoms in total. The van der Waals surface area contributed by atoms with Crippen molar-refractivity contribution in [2.24, 2.45) is 0 Å². The Morgan fingerprint density at radius 3 is 2.47 bits per heavy atom. The van der Waals surface area contributed by atoms with Crippen molar-refractivity contribution in [3.63, 3.8) is 0 Å². The van der Waals surface area contributed by atoms with Crippen molar-refractivity contribution in [2.75, 3.05) is 11.1 Å². The average Bonchev–Trinajstić information content (AvgIpc) is 3.08. The highest BCUT2D eigenvalue weighted by molar-refractivity contribution is 7.99. The van der Waals surface area contributed by atoms with Crippen molar-refractivity contribution >= 4 is 69.8 Å². The summed E-state index contributed by atoms with van der Waals surface area (Å²) in [6.07, 6.45) is 2.35. The summed E-state index contributed by atoms with van der Waals surface area (Å²) in [6, 6.07) is 10.5. The first-order valence-corrected chi connectivity index (χ1v) is 11.2. The van der Waals surface area contributed by atoms with Gasteiger partial charge in [-0.1, -0.05) is 76.4 Å². The normalized spacial score (nSPS) is 10.8. The molecule has 1 aromatic heterocycles. The van der Waals surface area contributed by atoms with Crippen LogP contribution in [0.4, 0.5) is 5.69 Å². The maximum Gasteiger partial charge on any atom is 0.234 e. The highest BCUT2D eigenvalue weighted by Gasteiger charge is 2.15. The van der Waals surface area contributed by atoms with Crippen LogP contribution in [0.25, 0.3) is 0 Å². The molecule has 0 fully saturated rings. The van der Waals surface area contributed by atoms with Crippen LogP contribution >= 0.6 is 58.2 Å². The maximum atomic E-state index is 12.4. The Labute approximate surface area is 198 Å². The molecule has 0 aliphatic carbocycles. The summed E-state index contributed by atoms with van der Waals surface area (Å²) in [6.45, 7) is 4.32. The number of amides is 1. The molecule has 10 heteroatoms. The number of hydrogen-bond donors (Lipinski definition) is 1. The lowest BCUT2D eigenvalue weighted by Crippen LogP contribution is -2.15. The number of anilines is 1. The number of hydrogen-bond acceptors (Lipinski definition) is 4. The fourth-order valence-corrected chi connectivity index (χ4v) is 4.08. The van der Waals surface area contributed by atoms with E-state index in [0.717, 1.165) is 11.4 Å². The Bertz CT molecular complexity index is 1070. The van der Waals surface area contributed by atoms with Crippen molar-refractivity contribution in [1.82, 2.24) is 14.8 Å². The van der Waals surface area contributed by atoms with E-state index in [9.17, 15) is 4.79 Å². The van der Waals surface area contributed by atoms with Crippen LogP contribution in [0.1, 0.15) is 11.4 Å². The topological polar surface area (TPSA) is 59.8 Å². The Kier molecular flexibility index (Phi) is 8.08. The molecule has 156 valence electrons. The van der Waals surface area contributed by atoms with E-state index in [1.165, 1.54) is 23.9 Å². The van der Waals surface area contributed by atoms with Gasteiger partial charge in [-0.25, -0.2) is 0 Å². The second kappa shape index (κ2) is 10.6. The average molecular weight is 502 g/mol. The summed E-state index contributed by atoms with van der Waals surface area (Å²) in [5.74, 6) is 0.632. The molecule has 2 aromatic carbocycles. The fourth-order valence-electron chi connectivity index (χ4n) is 2.59. The number of thioether (sulfide) groups is 1. The largest absolute Gasteiger partial charge is 0.324 e. The van der Waals surface area contributed by atoms with Gasteiger partial charge in [0, 0.05) is 18.0 Å². The second-order valence-corrected chi connectivity index (χ2v) is 8.78. The summed E-state index contributed by atoms with van der Waals surface area (Å²) in [4.78, 5) is 12.4. The van der Waals surface area contributed by atoms with Gasteiger partial charge in [0.15, 0.2) is 5.16 Å². The van der Waals surface area contributed by atoms with Crippen LogP contribution in [0, 0.1) is 0 Å². The molecule has 0 aliphatic heterocycles. The van der Waals surface area contributed by atoms with E-state index in [-0.39, 0.29) is 11.7 Å². The number of aromatic nitrogens is 3.